The zero-order valence-electron chi connectivity index (χ0n) is 13.9. The predicted octanol–water partition coefficient (Wildman–Crippen LogP) is 3.29. The number of hydrogen-bond donors (Lipinski definition) is 3. The van der Waals surface area contributed by atoms with Crippen LogP contribution in [0.15, 0.2) is 18.2 Å². The number of hydrogen-bond acceptors (Lipinski definition) is 4. The minimum atomic E-state index is -0.224. The summed E-state index contributed by atoms with van der Waals surface area (Å²) in [5.41, 5.74) is 3.19. The van der Waals surface area contributed by atoms with Gasteiger partial charge in [-0.1, -0.05) is 20.3 Å². The molecule has 2 heterocycles. The van der Waals surface area contributed by atoms with Gasteiger partial charge in [-0.15, -0.1) is 0 Å². The monoisotopic (exact) mass is 330 g/mol. The first-order valence-electron chi connectivity index (χ1n) is 8.25. The van der Waals surface area contributed by atoms with Crippen LogP contribution in [0.5, 0.6) is 11.5 Å². The fraction of sp³-hybridized carbons (Fsp3) is 0.412. The summed E-state index contributed by atoms with van der Waals surface area (Å²) in [5, 5.41) is 13.2. The molecule has 3 N–H and O–H groups in total. The highest BCUT2D eigenvalue weighted by molar-refractivity contribution is 5.94. The number of aromatic nitrogens is 2. The number of nitrogens with one attached hydrogen (secondary N) is 3. The van der Waals surface area contributed by atoms with Crippen LogP contribution in [0.25, 0.3) is 11.3 Å². The molecule has 0 aliphatic carbocycles. The van der Waals surface area contributed by atoms with Crippen LogP contribution in [-0.4, -0.2) is 29.6 Å². The number of nitrogens with zero attached hydrogens (tertiary/aromatic N) is 1. The van der Waals surface area contributed by atoms with E-state index in [0.717, 1.165) is 36.3 Å². The Labute approximate surface area is 140 Å². The van der Waals surface area contributed by atoms with Crippen LogP contribution in [0.2, 0.25) is 0 Å². The number of H-pyrrole nitrogens is 1. The molecular formula is C17H22N4O3. The summed E-state index contributed by atoms with van der Waals surface area (Å²) >= 11 is 0. The first kappa shape index (κ1) is 16.2. The summed E-state index contributed by atoms with van der Waals surface area (Å²) < 4.78 is 10.8. The first-order valence-corrected chi connectivity index (χ1v) is 8.25. The maximum absolute atomic E-state index is 12.1. The molecule has 0 bridgehead atoms. The van der Waals surface area contributed by atoms with Gasteiger partial charge >= 0.3 is 6.03 Å². The van der Waals surface area contributed by atoms with Gasteiger partial charge in [-0.3, -0.25) is 5.10 Å². The van der Waals surface area contributed by atoms with Gasteiger partial charge in [0.1, 0.15) is 5.69 Å². The SMILES string of the molecule is CCCNC(=O)Nc1c(-c2ccc3c(c2)OCO3)n[nH]c1CCC. The Bertz CT molecular complexity index is 727. The average molecular weight is 330 g/mol. The van der Waals surface area contributed by atoms with Gasteiger partial charge in [-0.25, -0.2) is 4.79 Å². The summed E-state index contributed by atoms with van der Waals surface area (Å²) in [6.45, 7) is 4.96. The topological polar surface area (TPSA) is 88.3 Å². The maximum atomic E-state index is 12.1. The van der Waals surface area contributed by atoms with E-state index in [4.69, 9.17) is 9.47 Å². The lowest BCUT2D eigenvalue weighted by molar-refractivity contribution is 0.174. The van der Waals surface area contributed by atoms with Crippen molar-refractivity contribution in [3.05, 3.63) is 23.9 Å². The van der Waals surface area contributed by atoms with E-state index in [0.29, 0.717) is 23.7 Å². The molecule has 1 aliphatic rings. The van der Waals surface area contributed by atoms with E-state index in [1.807, 2.05) is 25.1 Å². The highest BCUT2D eigenvalue weighted by Crippen LogP contribution is 2.38. The number of fused-ring (bicyclic) bond motifs is 1. The molecule has 0 saturated carbocycles. The summed E-state index contributed by atoms with van der Waals surface area (Å²) in [6, 6.07) is 5.42. The Hall–Kier alpha value is -2.70. The van der Waals surface area contributed by atoms with Gasteiger partial charge in [0, 0.05) is 12.1 Å². The van der Waals surface area contributed by atoms with Crippen LogP contribution in [0.1, 0.15) is 32.4 Å². The molecule has 0 radical (unpaired) electrons. The van der Waals surface area contributed by atoms with E-state index in [1.54, 1.807) is 0 Å². The number of carbonyl (C=O) groups excluding carboxylic acids is 1. The largest absolute Gasteiger partial charge is 0.454 e. The van der Waals surface area contributed by atoms with Gasteiger partial charge in [-0.05, 0) is 31.0 Å². The zero-order chi connectivity index (χ0) is 16.9. The van der Waals surface area contributed by atoms with Crippen molar-refractivity contribution in [3.63, 3.8) is 0 Å². The minimum Gasteiger partial charge on any atom is -0.454 e. The highest BCUT2D eigenvalue weighted by atomic mass is 16.7. The zero-order valence-corrected chi connectivity index (χ0v) is 13.9. The van der Waals surface area contributed by atoms with Gasteiger partial charge in [0.25, 0.3) is 0 Å². The number of aryl methyl sites for hydroxylation is 1. The van der Waals surface area contributed by atoms with Crippen LogP contribution in [0, 0.1) is 0 Å². The second kappa shape index (κ2) is 7.25. The Morgan fingerprint density at radius 3 is 2.88 bits per heavy atom. The molecular weight excluding hydrogens is 308 g/mol. The van der Waals surface area contributed by atoms with Crippen LogP contribution < -0.4 is 20.1 Å². The lowest BCUT2D eigenvalue weighted by Crippen LogP contribution is -2.29. The van der Waals surface area contributed by atoms with Crippen molar-refractivity contribution in [2.75, 3.05) is 18.7 Å². The van der Waals surface area contributed by atoms with Gasteiger partial charge in [0.05, 0.1) is 11.4 Å². The third-order valence-corrected chi connectivity index (χ3v) is 3.76. The van der Waals surface area contributed by atoms with Gasteiger partial charge in [0.15, 0.2) is 11.5 Å². The molecule has 0 saturated heterocycles. The Balaban J connectivity index is 1.91. The third kappa shape index (κ3) is 3.29. The Kier molecular flexibility index (Phi) is 4.88. The molecule has 2 aromatic rings. The summed E-state index contributed by atoms with van der Waals surface area (Å²) in [7, 11) is 0. The molecule has 0 atom stereocenters. The van der Waals surface area contributed by atoms with Gasteiger partial charge < -0.3 is 20.1 Å². The normalized spacial score (nSPS) is 12.2. The fourth-order valence-corrected chi connectivity index (χ4v) is 2.59. The number of carbonyl (C=O) groups is 1. The van der Waals surface area contributed by atoms with Crippen LogP contribution in [-0.2, 0) is 6.42 Å². The summed E-state index contributed by atoms with van der Waals surface area (Å²) in [5.74, 6) is 1.41. The molecule has 1 aromatic heterocycles. The Morgan fingerprint density at radius 1 is 1.25 bits per heavy atom. The van der Waals surface area contributed by atoms with Crippen molar-refractivity contribution in [1.82, 2.24) is 15.5 Å². The molecule has 1 aliphatic heterocycles. The Morgan fingerprint density at radius 2 is 2.08 bits per heavy atom. The van der Waals surface area contributed by atoms with E-state index >= 15 is 0 Å². The molecule has 1 aromatic carbocycles. The van der Waals surface area contributed by atoms with Crippen molar-refractivity contribution < 1.29 is 14.3 Å². The van der Waals surface area contributed by atoms with Gasteiger partial charge in [0.2, 0.25) is 6.79 Å². The van der Waals surface area contributed by atoms with E-state index in [9.17, 15) is 4.79 Å². The number of aromatic amines is 1. The standard InChI is InChI=1S/C17H22N4O3/c1-3-5-12-16(19-17(22)18-8-4-2)15(21-20-12)11-6-7-13-14(9-11)24-10-23-13/h6-7,9H,3-5,8,10H2,1-2H3,(H,20,21)(H2,18,19,22). The van der Waals surface area contributed by atoms with E-state index in [2.05, 4.69) is 27.8 Å². The molecule has 0 fully saturated rings. The number of urea groups is 1. The van der Waals surface area contributed by atoms with Crippen LogP contribution >= 0.6 is 0 Å². The fourth-order valence-electron chi connectivity index (χ4n) is 2.59. The third-order valence-electron chi connectivity index (χ3n) is 3.76. The average Bonchev–Trinajstić information content (AvgIpc) is 3.20. The molecule has 7 heteroatoms. The molecule has 2 amide bonds. The van der Waals surface area contributed by atoms with Crippen LogP contribution in [0.4, 0.5) is 10.5 Å². The lowest BCUT2D eigenvalue weighted by atomic mass is 10.1. The lowest BCUT2D eigenvalue weighted by Gasteiger charge is -2.09. The number of benzene rings is 1. The first-order chi connectivity index (χ1) is 11.7. The molecule has 0 unspecified atom stereocenters. The maximum Gasteiger partial charge on any atom is 0.319 e. The van der Waals surface area contributed by atoms with Gasteiger partial charge in [-0.2, -0.15) is 5.10 Å². The van der Waals surface area contributed by atoms with E-state index in [-0.39, 0.29) is 12.8 Å². The number of amides is 2. The second-order valence-corrected chi connectivity index (χ2v) is 5.62. The van der Waals surface area contributed by atoms with Crippen molar-refractivity contribution in [3.8, 4) is 22.8 Å². The predicted molar refractivity (Wildman–Crippen MR) is 91.5 cm³/mol. The van der Waals surface area contributed by atoms with Crippen molar-refractivity contribution in [2.45, 2.75) is 33.1 Å². The molecule has 7 nitrogen and oxygen atoms in total. The number of rotatable bonds is 6. The molecule has 3 rings (SSSR count). The van der Waals surface area contributed by atoms with Crippen molar-refractivity contribution in [1.29, 1.82) is 0 Å². The van der Waals surface area contributed by atoms with Crippen LogP contribution in [0.3, 0.4) is 0 Å². The molecule has 128 valence electrons. The van der Waals surface area contributed by atoms with E-state index < -0.39 is 0 Å². The molecule has 24 heavy (non-hydrogen) atoms. The minimum absolute atomic E-state index is 0.224. The van der Waals surface area contributed by atoms with Crippen molar-refractivity contribution >= 4 is 11.7 Å². The number of ether oxygens (including phenoxy) is 2. The smallest absolute Gasteiger partial charge is 0.319 e. The second-order valence-electron chi connectivity index (χ2n) is 5.62. The van der Waals surface area contributed by atoms with Crippen molar-refractivity contribution in [2.24, 2.45) is 0 Å². The number of anilines is 1. The van der Waals surface area contributed by atoms with E-state index in [1.165, 1.54) is 0 Å². The quantitative estimate of drug-likeness (QED) is 0.758. The molecule has 0 spiro atoms. The summed E-state index contributed by atoms with van der Waals surface area (Å²) in [4.78, 5) is 12.1. The highest BCUT2D eigenvalue weighted by Gasteiger charge is 2.20. The summed E-state index contributed by atoms with van der Waals surface area (Å²) in [6.07, 6.45) is 2.64.